The quantitative estimate of drug-likeness (QED) is 0.420. The first-order chi connectivity index (χ1) is 14.7. The highest BCUT2D eigenvalue weighted by atomic mass is 32.1. The van der Waals surface area contributed by atoms with E-state index >= 15 is 0 Å². The molecule has 1 aliphatic rings. The van der Waals surface area contributed by atoms with E-state index in [2.05, 4.69) is 21.9 Å². The van der Waals surface area contributed by atoms with E-state index in [1.807, 2.05) is 23.6 Å². The zero-order valence-electron chi connectivity index (χ0n) is 16.0. The lowest BCUT2D eigenvalue weighted by molar-refractivity contribution is 0.0941. The first kappa shape index (κ1) is 19.7. The number of aromatic nitrogens is 2. The zero-order valence-corrected chi connectivity index (χ0v) is 16.8. The molecule has 0 atom stereocenters. The van der Waals surface area contributed by atoms with Crippen molar-refractivity contribution in [3.05, 3.63) is 59.6 Å². The summed E-state index contributed by atoms with van der Waals surface area (Å²) in [5.41, 5.74) is 0.671. The molecule has 1 amide bonds. The highest BCUT2D eigenvalue weighted by Gasteiger charge is 2.22. The number of aromatic hydroxyl groups is 1. The Morgan fingerprint density at radius 3 is 2.97 bits per heavy atom. The zero-order chi connectivity index (χ0) is 20.9. The summed E-state index contributed by atoms with van der Waals surface area (Å²) in [6.45, 7) is 4.32. The topological polar surface area (TPSA) is 103 Å². The molecule has 0 radical (unpaired) electrons. The average Bonchev–Trinajstić information content (AvgIpc) is 3.45. The Morgan fingerprint density at radius 1 is 1.30 bits per heavy atom. The van der Waals surface area contributed by atoms with Crippen LogP contribution in [0, 0.1) is 0 Å². The van der Waals surface area contributed by atoms with Crippen LogP contribution in [0.1, 0.15) is 22.5 Å². The van der Waals surface area contributed by atoms with Crippen molar-refractivity contribution >= 4 is 17.2 Å². The fraction of sp³-hybridized carbons (Fsp3) is 0.190. The van der Waals surface area contributed by atoms with Crippen molar-refractivity contribution in [2.45, 2.75) is 13.0 Å². The minimum Gasteiger partial charge on any atom is -0.501 e. The van der Waals surface area contributed by atoms with E-state index < -0.39 is 11.7 Å². The van der Waals surface area contributed by atoms with Gasteiger partial charge in [-0.3, -0.25) is 4.79 Å². The van der Waals surface area contributed by atoms with Crippen LogP contribution >= 0.6 is 11.3 Å². The van der Waals surface area contributed by atoms with Gasteiger partial charge in [-0.2, -0.15) is 4.98 Å². The number of thiophene rings is 1. The van der Waals surface area contributed by atoms with Gasteiger partial charge in [0, 0.05) is 6.54 Å². The van der Waals surface area contributed by atoms with Gasteiger partial charge in [0.2, 0.25) is 12.5 Å². The van der Waals surface area contributed by atoms with Crippen LogP contribution in [-0.4, -0.2) is 34.4 Å². The fourth-order valence-corrected chi connectivity index (χ4v) is 3.42. The van der Waals surface area contributed by atoms with Crippen molar-refractivity contribution in [3.8, 4) is 33.8 Å². The number of rotatable bonds is 8. The third-order valence-corrected chi connectivity index (χ3v) is 5.13. The van der Waals surface area contributed by atoms with Crippen LogP contribution < -0.4 is 19.5 Å². The van der Waals surface area contributed by atoms with Crippen LogP contribution in [0.15, 0.2) is 48.4 Å². The molecule has 1 aromatic carbocycles. The van der Waals surface area contributed by atoms with Gasteiger partial charge in [-0.1, -0.05) is 18.2 Å². The summed E-state index contributed by atoms with van der Waals surface area (Å²) in [6, 6.07) is 9.09. The van der Waals surface area contributed by atoms with Gasteiger partial charge in [0.05, 0.1) is 11.5 Å². The normalized spacial score (nSPS) is 11.9. The molecule has 3 aromatic rings. The molecular weight excluding hydrogens is 406 g/mol. The molecule has 0 aliphatic carbocycles. The molecule has 2 aromatic heterocycles. The summed E-state index contributed by atoms with van der Waals surface area (Å²) < 4.78 is 16.2. The summed E-state index contributed by atoms with van der Waals surface area (Å²) in [6.07, 6.45) is 2.26. The van der Waals surface area contributed by atoms with Crippen molar-refractivity contribution in [1.29, 1.82) is 0 Å². The molecule has 0 fully saturated rings. The van der Waals surface area contributed by atoms with Gasteiger partial charge in [0.15, 0.2) is 23.0 Å². The van der Waals surface area contributed by atoms with E-state index in [4.69, 9.17) is 14.2 Å². The van der Waals surface area contributed by atoms with E-state index in [-0.39, 0.29) is 31.5 Å². The number of nitrogens with one attached hydrogen (secondary N) is 1. The fourth-order valence-electron chi connectivity index (χ4n) is 2.77. The molecule has 1 aliphatic heterocycles. The lowest BCUT2D eigenvalue weighted by Gasteiger charge is -2.12. The standard InChI is InChI=1S/C21H19N3O5S/c1-2-3-8-27-21-18(25)17(23-19(24-21)16-5-4-9-30-16)20(26)22-11-13-6-7-14-15(10-13)29-12-28-14/h2,4-7,9-10,25H,1,3,8,11-12H2,(H,22,26). The molecule has 0 spiro atoms. The number of hydrogen-bond donors (Lipinski definition) is 2. The monoisotopic (exact) mass is 425 g/mol. The predicted molar refractivity (Wildman–Crippen MR) is 111 cm³/mol. The lowest BCUT2D eigenvalue weighted by Crippen LogP contribution is -2.24. The Labute approximate surface area is 176 Å². The molecule has 4 rings (SSSR count). The minimum atomic E-state index is -0.543. The number of fused-ring (bicyclic) bond motifs is 1. The number of hydrogen-bond acceptors (Lipinski definition) is 8. The van der Waals surface area contributed by atoms with E-state index in [1.165, 1.54) is 11.3 Å². The van der Waals surface area contributed by atoms with Gasteiger partial charge in [-0.25, -0.2) is 4.98 Å². The van der Waals surface area contributed by atoms with Crippen molar-refractivity contribution < 1.29 is 24.1 Å². The number of carbonyl (C=O) groups is 1. The molecule has 9 heteroatoms. The van der Waals surface area contributed by atoms with E-state index in [9.17, 15) is 9.90 Å². The first-order valence-corrected chi connectivity index (χ1v) is 10.1. The second kappa shape index (κ2) is 8.83. The van der Waals surface area contributed by atoms with Gasteiger partial charge >= 0.3 is 0 Å². The third-order valence-electron chi connectivity index (χ3n) is 4.26. The Hall–Kier alpha value is -3.59. The molecular formula is C21H19N3O5S. The van der Waals surface area contributed by atoms with Crippen molar-refractivity contribution in [3.63, 3.8) is 0 Å². The maximum atomic E-state index is 12.8. The van der Waals surface area contributed by atoms with Gasteiger partial charge in [-0.05, 0) is 35.6 Å². The predicted octanol–water partition coefficient (Wildman–Crippen LogP) is 3.52. The summed E-state index contributed by atoms with van der Waals surface area (Å²) >= 11 is 1.43. The average molecular weight is 425 g/mol. The maximum absolute atomic E-state index is 12.8. The van der Waals surface area contributed by atoms with Crippen molar-refractivity contribution in [2.75, 3.05) is 13.4 Å². The highest BCUT2D eigenvalue weighted by molar-refractivity contribution is 7.13. The van der Waals surface area contributed by atoms with E-state index in [1.54, 1.807) is 18.2 Å². The molecule has 0 saturated carbocycles. The number of carbonyl (C=O) groups excluding carboxylic acids is 1. The first-order valence-electron chi connectivity index (χ1n) is 9.21. The summed E-state index contributed by atoms with van der Waals surface area (Å²) in [5.74, 6) is 0.625. The van der Waals surface area contributed by atoms with Gasteiger partial charge in [0.1, 0.15) is 0 Å². The second-order valence-electron chi connectivity index (χ2n) is 6.32. The Kier molecular flexibility index (Phi) is 5.80. The van der Waals surface area contributed by atoms with Crippen molar-refractivity contribution in [1.82, 2.24) is 15.3 Å². The maximum Gasteiger partial charge on any atom is 0.274 e. The van der Waals surface area contributed by atoms with Crippen LogP contribution in [0.2, 0.25) is 0 Å². The second-order valence-corrected chi connectivity index (χ2v) is 7.27. The van der Waals surface area contributed by atoms with Crippen LogP contribution in [-0.2, 0) is 6.54 Å². The molecule has 0 bridgehead atoms. The molecule has 3 heterocycles. The van der Waals surface area contributed by atoms with Gasteiger partial charge < -0.3 is 24.6 Å². The smallest absolute Gasteiger partial charge is 0.274 e. The van der Waals surface area contributed by atoms with Crippen LogP contribution in [0.5, 0.6) is 23.1 Å². The van der Waals surface area contributed by atoms with E-state index in [0.29, 0.717) is 23.7 Å². The number of amides is 1. The van der Waals surface area contributed by atoms with Crippen LogP contribution in [0.25, 0.3) is 10.7 Å². The Morgan fingerprint density at radius 2 is 2.17 bits per heavy atom. The SMILES string of the molecule is C=CCCOc1nc(-c2cccs2)nc(C(=O)NCc2ccc3c(c2)OCO3)c1O. The third kappa shape index (κ3) is 4.20. The number of benzene rings is 1. The lowest BCUT2D eigenvalue weighted by atomic mass is 10.2. The Balaban J connectivity index is 1.56. The molecule has 0 unspecified atom stereocenters. The molecule has 8 nitrogen and oxygen atoms in total. The molecule has 0 saturated heterocycles. The molecule has 2 N–H and O–H groups in total. The summed E-state index contributed by atoms with van der Waals surface area (Å²) in [7, 11) is 0. The largest absolute Gasteiger partial charge is 0.501 e. The molecule has 30 heavy (non-hydrogen) atoms. The summed E-state index contributed by atoms with van der Waals surface area (Å²) in [5, 5.41) is 15.2. The van der Waals surface area contributed by atoms with Gasteiger partial charge in [-0.15, -0.1) is 17.9 Å². The van der Waals surface area contributed by atoms with Gasteiger partial charge in [0.25, 0.3) is 11.8 Å². The number of nitrogens with zero attached hydrogens (tertiary/aromatic N) is 2. The highest BCUT2D eigenvalue weighted by Crippen LogP contribution is 2.33. The minimum absolute atomic E-state index is 0.0384. The summed E-state index contributed by atoms with van der Waals surface area (Å²) in [4.78, 5) is 22.1. The van der Waals surface area contributed by atoms with Crippen LogP contribution in [0.4, 0.5) is 0 Å². The van der Waals surface area contributed by atoms with E-state index in [0.717, 1.165) is 10.4 Å². The van der Waals surface area contributed by atoms with Crippen LogP contribution in [0.3, 0.4) is 0 Å². The number of ether oxygens (including phenoxy) is 3. The molecule has 154 valence electrons. The van der Waals surface area contributed by atoms with Crippen molar-refractivity contribution in [2.24, 2.45) is 0 Å². The Bertz CT molecular complexity index is 1070.